The van der Waals surface area contributed by atoms with Crippen LogP contribution in [-0.2, 0) is 36.0 Å². The van der Waals surface area contributed by atoms with Crippen LogP contribution in [0.4, 0.5) is 4.79 Å². The molecule has 33 heavy (non-hydrogen) atoms. The third-order valence-electron chi connectivity index (χ3n) is 6.27. The molecule has 0 amide bonds. The summed E-state index contributed by atoms with van der Waals surface area (Å²) in [5.41, 5.74) is 1.95. The number of hydrogen-bond acceptors (Lipinski definition) is 9. The third kappa shape index (κ3) is 3.48. The first-order valence-electron chi connectivity index (χ1n) is 10.1. The molecule has 2 saturated heterocycles. The summed E-state index contributed by atoms with van der Waals surface area (Å²) in [5, 5.41) is 20.1. The second-order valence-corrected chi connectivity index (χ2v) is 8.43. The summed E-state index contributed by atoms with van der Waals surface area (Å²) in [6, 6.07) is 7.22. The van der Waals surface area contributed by atoms with Crippen LogP contribution in [0, 0.1) is 17.0 Å². The van der Waals surface area contributed by atoms with Gasteiger partial charge in [0.2, 0.25) is 0 Å². The first kappa shape index (κ1) is 21.8. The second kappa shape index (κ2) is 8.10. The van der Waals surface area contributed by atoms with Gasteiger partial charge < -0.3 is 28.9 Å². The lowest BCUT2D eigenvalue weighted by Gasteiger charge is -2.34. The summed E-state index contributed by atoms with van der Waals surface area (Å²) in [5.74, 6) is 0. The summed E-state index contributed by atoms with van der Waals surface area (Å²) >= 11 is 6.01. The second-order valence-electron chi connectivity index (χ2n) is 7.99. The molecule has 0 saturated carbocycles. The Hall–Kier alpha value is -2.99. The first-order valence-corrected chi connectivity index (χ1v) is 10.5. The largest absolute Gasteiger partial charge is 0.506 e. The van der Waals surface area contributed by atoms with Gasteiger partial charge in [-0.25, -0.2) is 4.79 Å². The molecule has 0 spiro atoms. The molecule has 2 fully saturated rings. The fourth-order valence-corrected chi connectivity index (χ4v) is 5.17. The van der Waals surface area contributed by atoms with E-state index in [1.165, 1.54) is 0 Å². The van der Waals surface area contributed by atoms with Gasteiger partial charge in [0.15, 0.2) is 17.8 Å². The maximum atomic E-state index is 11.3. The number of pyridine rings is 1. The third-order valence-corrected chi connectivity index (χ3v) is 6.52. The molecule has 3 aliphatic rings. The molecule has 5 atom stereocenters. The molecule has 0 bridgehead atoms. The van der Waals surface area contributed by atoms with Gasteiger partial charge in [-0.1, -0.05) is 23.7 Å². The van der Waals surface area contributed by atoms with Crippen molar-refractivity contribution in [2.24, 2.45) is 0 Å². The topological polar surface area (TPSA) is 139 Å². The van der Waals surface area contributed by atoms with Crippen molar-refractivity contribution in [2.45, 2.75) is 43.5 Å². The van der Waals surface area contributed by atoms with E-state index >= 15 is 0 Å². The lowest BCUT2D eigenvalue weighted by molar-refractivity contribution is -0.772. The van der Waals surface area contributed by atoms with Gasteiger partial charge in [-0.15, -0.1) is 10.1 Å². The first-order chi connectivity index (χ1) is 15.8. The van der Waals surface area contributed by atoms with E-state index in [1.807, 2.05) is 12.1 Å². The number of halogens is 1. The fraction of sp³-hybridized carbons (Fsp3) is 0.429. The minimum atomic E-state index is -1.50. The summed E-state index contributed by atoms with van der Waals surface area (Å²) in [6.07, 6.45) is -3.33. The molecule has 5 rings (SSSR count). The minimum Gasteiger partial charge on any atom is -0.450 e. The molecule has 0 aliphatic carbocycles. The van der Waals surface area contributed by atoms with Crippen LogP contribution >= 0.6 is 11.6 Å². The number of ether oxygens (including phenoxy) is 4. The smallest absolute Gasteiger partial charge is 0.450 e. The van der Waals surface area contributed by atoms with E-state index < -0.39 is 41.3 Å². The predicted molar refractivity (Wildman–Crippen MR) is 109 cm³/mol. The molecule has 3 aliphatic heterocycles. The molecule has 0 radical (unpaired) electrons. The van der Waals surface area contributed by atoms with Crippen molar-refractivity contribution in [3.05, 3.63) is 73.5 Å². The Kier molecular flexibility index (Phi) is 5.36. The summed E-state index contributed by atoms with van der Waals surface area (Å²) < 4.78 is 22.9. The number of fused-ring (bicyclic) bond motifs is 2. The number of nitrogens with zero attached hydrogens (tertiary/aromatic N) is 2. The molecule has 1 aromatic heterocycles. The van der Waals surface area contributed by atoms with Crippen molar-refractivity contribution in [1.29, 1.82) is 0 Å². The zero-order valence-electron chi connectivity index (χ0n) is 17.3. The van der Waals surface area contributed by atoms with E-state index in [4.69, 9.17) is 40.5 Å². The Bertz CT molecular complexity index is 1110. The van der Waals surface area contributed by atoms with Crippen LogP contribution < -0.4 is 0 Å². The molecule has 1 N–H and O–H groups in total. The molecule has 11 nitrogen and oxygen atoms in total. The number of rotatable bonds is 5. The van der Waals surface area contributed by atoms with Gasteiger partial charge in [0.25, 0.3) is 5.09 Å². The zero-order valence-corrected chi connectivity index (χ0v) is 18.1. The lowest BCUT2D eigenvalue weighted by atomic mass is 9.80. The van der Waals surface area contributed by atoms with Crippen molar-refractivity contribution in [2.75, 3.05) is 13.2 Å². The van der Waals surface area contributed by atoms with Crippen molar-refractivity contribution in [1.82, 2.24) is 4.98 Å². The minimum absolute atomic E-state index is 0.154. The van der Waals surface area contributed by atoms with E-state index in [-0.39, 0.29) is 19.8 Å². The molecule has 2 aromatic rings. The number of aryl methyl sites for hydroxylation is 1. The van der Waals surface area contributed by atoms with Crippen molar-refractivity contribution in [3.8, 4) is 0 Å². The number of aromatic nitrogens is 1. The van der Waals surface area contributed by atoms with Crippen LogP contribution in [-0.4, -0.2) is 52.9 Å². The highest BCUT2D eigenvalue weighted by molar-refractivity contribution is 6.30. The standard InChI is InChI=1S/C21H19ClN2O9/c1-10-17(14-7-29-18(13(14)6-23-10)11-2-4-12(22)5-3-11)21-16(33-24(27)28)9-30-19(21)15(8-31-21)32-20(25)26/h2-6,15-16,18-19H,7-9H2,1H3,(H,25,26)/t15-,16+,18?,19+,21-/m0/s1. The quantitative estimate of drug-likeness (QED) is 0.387. The molecular formula is C21H19ClN2O9. The molecule has 174 valence electrons. The average molecular weight is 479 g/mol. The number of hydrogen-bond donors (Lipinski definition) is 1. The molecule has 1 aromatic carbocycles. The van der Waals surface area contributed by atoms with Crippen LogP contribution in [0.3, 0.4) is 0 Å². The Morgan fingerprint density at radius 1 is 1.30 bits per heavy atom. The Morgan fingerprint density at radius 3 is 2.76 bits per heavy atom. The van der Waals surface area contributed by atoms with Crippen molar-refractivity contribution >= 4 is 17.8 Å². The van der Waals surface area contributed by atoms with Gasteiger partial charge in [0, 0.05) is 28.0 Å². The van der Waals surface area contributed by atoms with Crippen LogP contribution in [0.5, 0.6) is 0 Å². The van der Waals surface area contributed by atoms with Gasteiger partial charge in [-0.05, 0) is 30.2 Å². The van der Waals surface area contributed by atoms with E-state index in [0.717, 1.165) is 16.7 Å². The summed E-state index contributed by atoms with van der Waals surface area (Å²) in [6.45, 7) is 1.59. The summed E-state index contributed by atoms with van der Waals surface area (Å²) in [4.78, 5) is 31.9. The molecular weight excluding hydrogens is 460 g/mol. The Morgan fingerprint density at radius 2 is 2.06 bits per heavy atom. The van der Waals surface area contributed by atoms with Gasteiger partial charge in [0.05, 0.1) is 19.8 Å². The molecule has 12 heteroatoms. The SMILES string of the molecule is Cc1ncc2c(c1[C@]13OC[C@H](OC(=O)O)[C@H]1OC[C@H]3O[N+](=O)[O-])COC2c1ccc(Cl)cc1. The van der Waals surface area contributed by atoms with E-state index in [0.29, 0.717) is 16.3 Å². The van der Waals surface area contributed by atoms with E-state index in [1.54, 1.807) is 25.3 Å². The van der Waals surface area contributed by atoms with Crippen LogP contribution in [0.15, 0.2) is 30.5 Å². The monoisotopic (exact) mass is 478 g/mol. The number of carboxylic acid groups (broad SMARTS) is 1. The molecule has 1 unspecified atom stereocenters. The maximum absolute atomic E-state index is 11.3. The predicted octanol–water partition coefficient (Wildman–Crippen LogP) is 2.93. The molecule has 4 heterocycles. The van der Waals surface area contributed by atoms with Gasteiger partial charge in [-0.3, -0.25) is 4.98 Å². The highest BCUT2D eigenvalue weighted by Gasteiger charge is 2.65. The summed E-state index contributed by atoms with van der Waals surface area (Å²) in [7, 11) is 0. The fourth-order valence-electron chi connectivity index (χ4n) is 5.04. The average Bonchev–Trinajstić information content (AvgIpc) is 3.43. The normalized spacial score (nSPS) is 30.0. The number of carbonyl (C=O) groups is 1. The Balaban J connectivity index is 1.63. The van der Waals surface area contributed by atoms with E-state index in [2.05, 4.69) is 4.98 Å². The highest BCUT2D eigenvalue weighted by Crippen LogP contribution is 2.52. The Labute approximate surface area is 192 Å². The highest BCUT2D eigenvalue weighted by atomic mass is 35.5. The van der Waals surface area contributed by atoms with Crippen LogP contribution in [0.25, 0.3) is 0 Å². The van der Waals surface area contributed by atoms with Crippen molar-refractivity contribution < 1.29 is 38.8 Å². The van der Waals surface area contributed by atoms with Gasteiger partial charge in [0.1, 0.15) is 12.2 Å². The van der Waals surface area contributed by atoms with Crippen molar-refractivity contribution in [3.63, 3.8) is 0 Å². The number of benzene rings is 1. The lowest BCUT2D eigenvalue weighted by Crippen LogP contribution is -2.48. The van der Waals surface area contributed by atoms with E-state index in [9.17, 15) is 14.9 Å². The zero-order chi connectivity index (χ0) is 23.3. The van der Waals surface area contributed by atoms with Gasteiger partial charge >= 0.3 is 6.16 Å². The maximum Gasteiger partial charge on any atom is 0.506 e. The van der Waals surface area contributed by atoms with Crippen LogP contribution in [0.2, 0.25) is 5.02 Å². The van der Waals surface area contributed by atoms with Crippen LogP contribution in [0.1, 0.15) is 34.1 Å². The van der Waals surface area contributed by atoms with Gasteiger partial charge in [-0.2, -0.15) is 0 Å².